The van der Waals surface area contributed by atoms with E-state index in [0.717, 1.165) is 38.7 Å². The fraction of sp³-hybridized carbons (Fsp3) is 0.867. The Hall–Kier alpha value is -1.26. The van der Waals surface area contributed by atoms with E-state index in [1.807, 2.05) is 18.7 Å². The number of rotatable bonds is 3. The van der Waals surface area contributed by atoms with Crippen molar-refractivity contribution in [1.82, 2.24) is 15.1 Å². The zero-order chi connectivity index (χ0) is 14.5. The van der Waals surface area contributed by atoms with Crippen molar-refractivity contribution in [3.05, 3.63) is 0 Å². The van der Waals surface area contributed by atoms with Gasteiger partial charge in [0.25, 0.3) is 0 Å². The Bertz CT molecular complexity index is 355. The van der Waals surface area contributed by atoms with Crippen molar-refractivity contribution in [3.63, 3.8) is 0 Å². The van der Waals surface area contributed by atoms with E-state index in [9.17, 15) is 4.79 Å². The highest BCUT2D eigenvalue weighted by Gasteiger charge is 2.26. The fourth-order valence-electron chi connectivity index (χ4n) is 2.63. The molecule has 0 aromatic carbocycles. The fourth-order valence-corrected chi connectivity index (χ4v) is 2.63. The third-order valence-corrected chi connectivity index (χ3v) is 4.13. The Balaban J connectivity index is 1.86. The predicted molar refractivity (Wildman–Crippen MR) is 81.7 cm³/mol. The highest BCUT2D eigenvalue weighted by atomic mass is 16.2. The van der Waals surface area contributed by atoms with Gasteiger partial charge >= 0.3 is 0 Å². The molecule has 1 N–H and O–H groups in total. The second-order valence-corrected chi connectivity index (χ2v) is 6.04. The molecular weight excluding hydrogens is 252 g/mol. The van der Waals surface area contributed by atoms with Gasteiger partial charge in [-0.15, -0.1) is 0 Å². The molecular formula is C15H28N4O. The number of nitrogens with zero attached hydrogens (tertiary/aromatic N) is 3. The van der Waals surface area contributed by atoms with E-state index in [1.54, 1.807) is 0 Å². The molecule has 0 aromatic rings. The first-order valence-corrected chi connectivity index (χ1v) is 7.96. The van der Waals surface area contributed by atoms with E-state index in [1.165, 1.54) is 19.3 Å². The maximum Gasteiger partial charge on any atom is 0.225 e. The quantitative estimate of drug-likeness (QED) is 0.626. The smallest absolute Gasteiger partial charge is 0.225 e. The second-order valence-electron chi connectivity index (χ2n) is 6.04. The number of guanidine groups is 1. The molecule has 2 fully saturated rings. The maximum absolute atomic E-state index is 12.0. The van der Waals surface area contributed by atoms with E-state index in [2.05, 4.69) is 22.1 Å². The molecule has 0 aromatic heterocycles. The number of aliphatic imine (C=N–C) groups is 1. The van der Waals surface area contributed by atoms with Crippen LogP contribution in [0.15, 0.2) is 4.99 Å². The third kappa shape index (κ3) is 3.64. The van der Waals surface area contributed by atoms with Gasteiger partial charge in [-0.1, -0.05) is 13.8 Å². The zero-order valence-electron chi connectivity index (χ0n) is 13.1. The summed E-state index contributed by atoms with van der Waals surface area (Å²) in [6.45, 7) is 10.2. The Kier molecular flexibility index (Phi) is 5.26. The van der Waals surface area contributed by atoms with Gasteiger partial charge in [-0.05, 0) is 26.2 Å². The molecule has 1 saturated carbocycles. The number of carbonyl (C=O) groups is 1. The molecule has 0 bridgehead atoms. The Labute approximate surface area is 122 Å². The number of carbonyl (C=O) groups excluding carboxylic acids is 1. The lowest BCUT2D eigenvalue weighted by Crippen LogP contribution is -2.56. The monoisotopic (exact) mass is 280 g/mol. The maximum atomic E-state index is 12.0. The SMILES string of the molecule is CCN=C(NC1CCC1)N1CCN(C(=O)C(C)C)CC1. The summed E-state index contributed by atoms with van der Waals surface area (Å²) in [4.78, 5) is 20.9. The van der Waals surface area contributed by atoms with Crippen LogP contribution < -0.4 is 5.32 Å². The number of hydrogen-bond acceptors (Lipinski definition) is 2. The van der Waals surface area contributed by atoms with Crippen LogP contribution in [0.4, 0.5) is 0 Å². The van der Waals surface area contributed by atoms with E-state index in [4.69, 9.17) is 0 Å². The summed E-state index contributed by atoms with van der Waals surface area (Å²) in [7, 11) is 0. The van der Waals surface area contributed by atoms with E-state index < -0.39 is 0 Å². The van der Waals surface area contributed by atoms with Gasteiger partial charge < -0.3 is 15.1 Å². The van der Waals surface area contributed by atoms with Crippen LogP contribution in [0.2, 0.25) is 0 Å². The van der Waals surface area contributed by atoms with Crippen LogP contribution in [0.25, 0.3) is 0 Å². The van der Waals surface area contributed by atoms with Crippen LogP contribution in [-0.4, -0.2) is 60.4 Å². The van der Waals surface area contributed by atoms with Gasteiger partial charge in [0.05, 0.1) is 0 Å². The summed E-state index contributed by atoms with van der Waals surface area (Å²) in [5.41, 5.74) is 0. The van der Waals surface area contributed by atoms with Crippen molar-refractivity contribution in [2.24, 2.45) is 10.9 Å². The van der Waals surface area contributed by atoms with Crippen LogP contribution >= 0.6 is 0 Å². The average molecular weight is 280 g/mol. The first kappa shape index (κ1) is 15.1. The van der Waals surface area contributed by atoms with Gasteiger partial charge in [-0.2, -0.15) is 0 Å². The van der Waals surface area contributed by atoms with Gasteiger partial charge in [0.2, 0.25) is 5.91 Å². The molecule has 0 radical (unpaired) electrons. The summed E-state index contributed by atoms with van der Waals surface area (Å²) < 4.78 is 0. The lowest BCUT2D eigenvalue weighted by atomic mass is 9.93. The van der Waals surface area contributed by atoms with Crippen molar-refractivity contribution in [1.29, 1.82) is 0 Å². The van der Waals surface area contributed by atoms with Gasteiger partial charge in [0, 0.05) is 44.7 Å². The molecule has 1 amide bonds. The van der Waals surface area contributed by atoms with Crippen molar-refractivity contribution >= 4 is 11.9 Å². The summed E-state index contributed by atoms with van der Waals surface area (Å²) >= 11 is 0. The van der Waals surface area contributed by atoms with Crippen molar-refractivity contribution in [2.45, 2.75) is 46.1 Å². The normalized spacial score (nSPS) is 21.1. The lowest BCUT2D eigenvalue weighted by Gasteiger charge is -2.39. The first-order valence-electron chi connectivity index (χ1n) is 7.96. The van der Waals surface area contributed by atoms with Gasteiger partial charge in [-0.3, -0.25) is 9.79 Å². The molecule has 20 heavy (non-hydrogen) atoms. The Morgan fingerprint density at radius 1 is 1.20 bits per heavy atom. The summed E-state index contributed by atoms with van der Waals surface area (Å²) in [6.07, 6.45) is 3.84. The minimum Gasteiger partial charge on any atom is -0.354 e. The Morgan fingerprint density at radius 2 is 1.80 bits per heavy atom. The molecule has 5 nitrogen and oxygen atoms in total. The second kappa shape index (κ2) is 6.95. The molecule has 1 aliphatic heterocycles. The van der Waals surface area contributed by atoms with E-state index in [0.29, 0.717) is 6.04 Å². The highest BCUT2D eigenvalue weighted by molar-refractivity contribution is 5.81. The first-order chi connectivity index (χ1) is 9.61. The molecule has 0 spiro atoms. The lowest BCUT2D eigenvalue weighted by molar-refractivity contribution is -0.135. The summed E-state index contributed by atoms with van der Waals surface area (Å²) in [6, 6.07) is 0.607. The molecule has 2 rings (SSSR count). The number of amides is 1. The third-order valence-electron chi connectivity index (χ3n) is 4.13. The molecule has 2 aliphatic rings. The van der Waals surface area contributed by atoms with Crippen LogP contribution in [0.1, 0.15) is 40.0 Å². The van der Waals surface area contributed by atoms with Crippen LogP contribution in [0, 0.1) is 5.92 Å². The van der Waals surface area contributed by atoms with Crippen LogP contribution in [-0.2, 0) is 4.79 Å². The predicted octanol–water partition coefficient (Wildman–Crippen LogP) is 1.30. The average Bonchev–Trinajstić information content (AvgIpc) is 2.40. The van der Waals surface area contributed by atoms with Crippen molar-refractivity contribution < 1.29 is 4.79 Å². The highest BCUT2D eigenvalue weighted by Crippen LogP contribution is 2.18. The Morgan fingerprint density at radius 3 is 2.25 bits per heavy atom. The number of hydrogen-bond donors (Lipinski definition) is 1. The van der Waals surface area contributed by atoms with Gasteiger partial charge in [0.15, 0.2) is 5.96 Å². The summed E-state index contributed by atoms with van der Waals surface area (Å²) in [5, 5.41) is 3.56. The molecule has 5 heteroatoms. The topological polar surface area (TPSA) is 47.9 Å². The van der Waals surface area contributed by atoms with Gasteiger partial charge in [0.1, 0.15) is 0 Å². The summed E-state index contributed by atoms with van der Waals surface area (Å²) in [5.74, 6) is 1.40. The standard InChI is InChI=1S/C15H28N4O/c1-4-16-15(17-13-6-5-7-13)19-10-8-18(9-11-19)14(20)12(2)3/h12-13H,4-11H2,1-3H3,(H,16,17). The van der Waals surface area contributed by atoms with Crippen molar-refractivity contribution in [3.8, 4) is 0 Å². The molecule has 1 saturated heterocycles. The van der Waals surface area contributed by atoms with Crippen LogP contribution in [0.3, 0.4) is 0 Å². The number of piperazine rings is 1. The van der Waals surface area contributed by atoms with E-state index >= 15 is 0 Å². The molecule has 1 heterocycles. The van der Waals surface area contributed by atoms with Crippen LogP contribution in [0.5, 0.6) is 0 Å². The minimum atomic E-state index is 0.0958. The van der Waals surface area contributed by atoms with E-state index in [-0.39, 0.29) is 11.8 Å². The molecule has 0 unspecified atom stereocenters. The van der Waals surface area contributed by atoms with Gasteiger partial charge in [-0.25, -0.2) is 0 Å². The molecule has 114 valence electrons. The van der Waals surface area contributed by atoms with Crippen molar-refractivity contribution in [2.75, 3.05) is 32.7 Å². The number of nitrogens with one attached hydrogen (secondary N) is 1. The molecule has 1 aliphatic carbocycles. The molecule has 0 atom stereocenters. The minimum absolute atomic E-state index is 0.0958. The largest absolute Gasteiger partial charge is 0.354 e. The zero-order valence-corrected chi connectivity index (χ0v) is 13.1.